The van der Waals surface area contributed by atoms with Gasteiger partial charge in [-0.15, -0.1) is 0 Å². The number of ether oxygens (including phenoxy) is 1. The fourth-order valence-corrected chi connectivity index (χ4v) is 4.04. The van der Waals surface area contributed by atoms with Gasteiger partial charge in [0.1, 0.15) is 5.60 Å². The zero-order valence-corrected chi connectivity index (χ0v) is 17.3. The number of fused-ring (bicyclic) bond motifs is 1. The number of hydrogen-bond donors (Lipinski definition) is 1. The fraction of sp³-hybridized carbons (Fsp3) is 0.417. The highest BCUT2D eigenvalue weighted by Gasteiger charge is 2.40. The molecule has 5 heteroatoms. The number of nitrogens with one attached hydrogen (secondary N) is 1. The van der Waals surface area contributed by atoms with Gasteiger partial charge in [0, 0.05) is 17.3 Å². The number of benzene rings is 2. The minimum atomic E-state index is -0.573. The lowest BCUT2D eigenvalue weighted by molar-refractivity contribution is 0.0630. The molecule has 1 N–H and O–H groups in total. The van der Waals surface area contributed by atoms with Gasteiger partial charge in [-0.3, -0.25) is 10.1 Å². The second-order valence-electron chi connectivity index (χ2n) is 8.90. The van der Waals surface area contributed by atoms with Crippen molar-refractivity contribution in [3.8, 4) is 0 Å². The molecule has 1 fully saturated rings. The first kappa shape index (κ1) is 19.5. The van der Waals surface area contributed by atoms with Crippen molar-refractivity contribution in [2.45, 2.75) is 64.1 Å². The Kier molecular flexibility index (Phi) is 5.07. The summed E-state index contributed by atoms with van der Waals surface area (Å²) in [6, 6.07) is 16.0. The monoisotopic (exact) mass is 392 g/mol. The third-order valence-corrected chi connectivity index (χ3v) is 5.37. The SMILES string of the molecule is CC(C)(C)OC(=O)Nc1cccc(C(=O)N(C2CC2)C2CCc3ccccc32)c1. The Morgan fingerprint density at radius 2 is 1.79 bits per heavy atom. The van der Waals surface area contributed by atoms with E-state index in [0.29, 0.717) is 17.3 Å². The lowest BCUT2D eigenvalue weighted by Crippen LogP contribution is -2.36. The average molecular weight is 392 g/mol. The molecule has 2 aliphatic rings. The van der Waals surface area contributed by atoms with Crippen molar-refractivity contribution in [1.29, 1.82) is 0 Å². The van der Waals surface area contributed by atoms with Crippen LogP contribution >= 0.6 is 0 Å². The van der Waals surface area contributed by atoms with Crippen LogP contribution in [0, 0.1) is 0 Å². The van der Waals surface area contributed by atoms with Crippen molar-refractivity contribution >= 4 is 17.7 Å². The number of rotatable bonds is 4. The van der Waals surface area contributed by atoms with Crippen LogP contribution in [0.1, 0.15) is 67.6 Å². The maximum Gasteiger partial charge on any atom is 0.412 e. The third kappa shape index (κ3) is 4.44. The zero-order chi connectivity index (χ0) is 20.6. The molecular weight excluding hydrogens is 364 g/mol. The van der Waals surface area contributed by atoms with Crippen LogP contribution in [-0.4, -0.2) is 28.5 Å². The van der Waals surface area contributed by atoms with Gasteiger partial charge in [-0.2, -0.15) is 0 Å². The van der Waals surface area contributed by atoms with Gasteiger partial charge in [0.2, 0.25) is 0 Å². The molecular formula is C24H28N2O3. The minimum Gasteiger partial charge on any atom is -0.444 e. The second-order valence-corrected chi connectivity index (χ2v) is 8.90. The fourth-order valence-electron chi connectivity index (χ4n) is 4.04. The quantitative estimate of drug-likeness (QED) is 0.765. The number of amides is 2. The van der Waals surface area contributed by atoms with E-state index < -0.39 is 11.7 Å². The van der Waals surface area contributed by atoms with Gasteiger partial charge in [-0.25, -0.2) is 4.79 Å². The Hall–Kier alpha value is -2.82. The van der Waals surface area contributed by atoms with Crippen molar-refractivity contribution in [1.82, 2.24) is 4.90 Å². The molecule has 0 aromatic heterocycles. The normalized spacial score (nSPS) is 18.1. The smallest absolute Gasteiger partial charge is 0.412 e. The van der Waals surface area contributed by atoms with Crippen molar-refractivity contribution in [3.63, 3.8) is 0 Å². The summed E-state index contributed by atoms with van der Waals surface area (Å²) in [6.45, 7) is 5.46. The largest absolute Gasteiger partial charge is 0.444 e. The minimum absolute atomic E-state index is 0.0297. The van der Waals surface area contributed by atoms with Gasteiger partial charge >= 0.3 is 6.09 Å². The molecule has 2 amide bonds. The Balaban J connectivity index is 1.55. The highest BCUT2D eigenvalue weighted by atomic mass is 16.6. The van der Waals surface area contributed by atoms with Crippen molar-refractivity contribution in [2.24, 2.45) is 0 Å². The molecule has 0 radical (unpaired) electrons. The van der Waals surface area contributed by atoms with Crippen molar-refractivity contribution < 1.29 is 14.3 Å². The number of carbonyl (C=O) groups is 2. The Bertz CT molecular complexity index is 928. The summed E-state index contributed by atoms with van der Waals surface area (Å²) < 4.78 is 5.31. The molecule has 1 saturated carbocycles. The number of nitrogens with zero attached hydrogens (tertiary/aromatic N) is 1. The Morgan fingerprint density at radius 3 is 2.52 bits per heavy atom. The summed E-state index contributed by atoms with van der Waals surface area (Å²) in [5, 5.41) is 2.73. The van der Waals surface area contributed by atoms with Crippen LogP contribution in [0.4, 0.5) is 10.5 Å². The summed E-state index contributed by atoms with van der Waals surface area (Å²) >= 11 is 0. The van der Waals surface area contributed by atoms with E-state index in [1.165, 1.54) is 11.1 Å². The van der Waals surface area contributed by atoms with Crippen LogP contribution in [-0.2, 0) is 11.2 Å². The highest BCUT2D eigenvalue weighted by molar-refractivity contribution is 5.97. The van der Waals surface area contributed by atoms with E-state index in [9.17, 15) is 9.59 Å². The summed E-state index contributed by atoms with van der Waals surface area (Å²) in [6.07, 6.45) is 3.57. The first-order valence-electron chi connectivity index (χ1n) is 10.3. The van der Waals surface area contributed by atoms with Gasteiger partial charge < -0.3 is 9.64 Å². The molecule has 0 saturated heterocycles. The van der Waals surface area contributed by atoms with E-state index in [2.05, 4.69) is 34.5 Å². The van der Waals surface area contributed by atoms with Gasteiger partial charge in [0.05, 0.1) is 6.04 Å². The summed E-state index contributed by atoms with van der Waals surface area (Å²) in [4.78, 5) is 27.6. The van der Waals surface area contributed by atoms with Crippen LogP contribution < -0.4 is 5.32 Å². The molecule has 0 heterocycles. The summed E-state index contributed by atoms with van der Waals surface area (Å²) in [7, 11) is 0. The molecule has 2 aromatic rings. The number of hydrogen-bond acceptors (Lipinski definition) is 3. The van der Waals surface area contributed by atoms with Crippen LogP contribution in [0.5, 0.6) is 0 Å². The predicted octanol–water partition coefficient (Wildman–Crippen LogP) is 5.33. The molecule has 0 spiro atoms. The number of anilines is 1. The topological polar surface area (TPSA) is 58.6 Å². The molecule has 0 bridgehead atoms. The Morgan fingerprint density at radius 1 is 1.03 bits per heavy atom. The van der Waals surface area contributed by atoms with Crippen molar-refractivity contribution in [3.05, 3.63) is 65.2 Å². The average Bonchev–Trinajstić information content (AvgIpc) is 3.40. The van der Waals surface area contributed by atoms with E-state index in [1.54, 1.807) is 18.2 Å². The van der Waals surface area contributed by atoms with Crippen LogP contribution in [0.2, 0.25) is 0 Å². The maximum absolute atomic E-state index is 13.5. The first-order chi connectivity index (χ1) is 13.8. The molecule has 0 aliphatic heterocycles. The van der Waals surface area contributed by atoms with Gasteiger partial charge in [-0.05, 0) is 75.8 Å². The van der Waals surface area contributed by atoms with E-state index in [1.807, 2.05) is 26.8 Å². The maximum atomic E-state index is 13.5. The lowest BCUT2D eigenvalue weighted by atomic mass is 10.0. The summed E-state index contributed by atoms with van der Waals surface area (Å²) in [5.74, 6) is 0.0297. The van der Waals surface area contributed by atoms with Gasteiger partial charge in [0.25, 0.3) is 5.91 Å². The molecule has 4 rings (SSSR count). The molecule has 1 atom stereocenters. The zero-order valence-electron chi connectivity index (χ0n) is 17.3. The van der Waals surface area contributed by atoms with E-state index in [4.69, 9.17) is 4.74 Å². The Labute approximate surface area is 172 Å². The van der Waals surface area contributed by atoms with E-state index >= 15 is 0 Å². The molecule has 2 aliphatic carbocycles. The van der Waals surface area contributed by atoms with Crippen LogP contribution in [0.3, 0.4) is 0 Å². The molecule has 152 valence electrons. The summed E-state index contributed by atoms with van der Waals surface area (Å²) in [5.41, 5.74) is 3.20. The van der Waals surface area contributed by atoms with E-state index in [0.717, 1.165) is 25.7 Å². The molecule has 2 aromatic carbocycles. The van der Waals surface area contributed by atoms with E-state index in [-0.39, 0.29) is 11.9 Å². The predicted molar refractivity (Wildman–Crippen MR) is 113 cm³/mol. The molecule has 1 unspecified atom stereocenters. The first-order valence-corrected chi connectivity index (χ1v) is 10.3. The van der Waals surface area contributed by atoms with Crippen LogP contribution in [0.15, 0.2) is 48.5 Å². The second kappa shape index (κ2) is 7.54. The lowest BCUT2D eigenvalue weighted by Gasteiger charge is -2.30. The number of carbonyl (C=O) groups excluding carboxylic acids is 2. The molecule has 5 nitrogen and oxygen atoms in total. The number of aryl methyl sites for hydroxylation is 1. The van der Waals surface area contributed by atoms with Gasteiger partial charge in [-0.1, -0.05) is 30.3 Å². The van der Waals surface area contributed by atoms with Crippen LogP contribution in [0.25, 0.3) is 0 Å². The van der Waals surface area contributed by atoms with Crippen molar-refractivity contribution in [2.75, 3.05) is 5.32 Å². The van der Waals surface area contributed by atoms with Gasteiger partial charge in [0.15, 0.2) is 0 Å². The standard InChI is InChI=1S/C24H28N2O3/c1-24(2,3)29-23(28)25-18-9-6-8-17(15-18)22(27)26(19-12-13-19)21-14-11-16-7-4-5-10-20(16)21/h4-10,15,19,21H,11-14H2,1-3H3,(H,25,28). The molecule has 29 heavy (non-hydrogen) atoms. The third-order valence-electron chi connectivity index (χ3n) is 5.37. The highest BCUT2D eigenvalue weighted by Crippen LogP contribution is 2.42.